The summed E-state index contributed by atoms with van der Waals surface area (Å²) in [4.78, 5) is 25.9. The molecule has 0 aromatic heterocycles. The molecule has 3 amide bonds. The summed E-state index contributed by atoms with van der Waals surface area (Å²) in [5, 5.41) is 12.9. The Balaban J connectivity index is 1.81. The number of nitrogens with one attached hydrogen (secondary N) is 1. The number of carbonyl (C=O) groups is 2. The van der Waals surface area contributed by atoms with Gasteiger partial charge in [-0.1, -0.05) is 57.2 Å². The second-order valence-electron chi connectivity index (χ2n) is 7.12. The molecule has 2 rings (SSSR count). The number of amides is 3. The Hall–Kier alpha value is -2.08. The lowest BCUT2D eigenvalue weighted by atomic mass is 9.94. The number of hydrogen-bond acceptors (Lipinski definition) is 4. The molecular formula is C20H30N2O4. The normalized spacial score (nSPS) is 21.0. The molecule has 0 bridgehead atoms. The first-order valence-corrected chi connectivity index (χ1v) is 9.46. The second-order valence-corrected chi connectivity index (χ2v) is 7.12. The first kappa shape index (κ1) is 20.2. The van der Waals surface area contributed by atoms with Gasteiger partial charge in [0.05, 0.1) is 6.54 Å². The molecular weight excluding hydrogens is 332 g/mol. The van der Waals surface area contributed by atoms with Gasteiger partial charge in [-0.15, -0.1) is 0 Å². The summed E-state index contributed by atoms with van der Waals surface area (Å²) in [6.07, 6.45) is 5.15. The van der Waals surface area contributed by atoms with Gasteiger partial charge in [-0.05, 0) is 25.5 Å². The van der Waals surface area contributed by atoms with Crippen molar-refractivity contribution < 1.29 is 19.4 Å². The van der Waals surface area contributed by atoms with Crippen molar-refractivity contribution in [3.8, 4) is 5.75 Å². The number of unbranched alkanes of at least 4 members (excludes halogenated alkanes) is 4. The third-order valence-electron chi connectivity index (χ3n) is 4.70. The molecule has 1 heterocycles. The molecule has 1 fully saturated rings. The fraction of sp³-hybridized carbons (Fsp3) is 0.600. The van der Waals surface area contributed by atoms with Crippen molar-refractivity contribution in [3.05, 3.63) is 30.3 Å². The van der Waals surface area contributed by atoms with E-state index in [1.165, 1.54) is 12.8 Å². The Labute approximate surface area is 155 Å². The third kappa shape index (κ3) is 5.46. The number of benzene rings is 1. The van der Waals surface area contributed by atoms with E-state index >= 15 is 0 Å². The summed E-state index contributed by atoms with van der Waals surface area (Å²) in [5.74, 6) is 0.373. The maximum absolute atomic E-state index is 12.7. The summed E-state index contributed by atoms with van der Waals surface area (Å²) in [7, 11) is 0. The second kappa shape index (κ2) is 9.57. The van der Waals surface area contributed by atoms with Crippen LogP contribution in [0.25, 0.3) is 0 Å². The minimum absolute atomic E-state index is 0.0226. The van der Waals surface area contributed by atoms with Crippen molar-refractivity contribution in [2.75, 3.05) is 13.2 Å². The lowest BCUT2D eigenvalue weighted by Crippen LogP contribution is -2.45. The fourth-order valence-electron chi connectivity index (χ4n) is 3.14. The first-order chi connectivity index (χ1) is 12.5. The molecule has 1 saturated heterocycles. The predicted octanol–water partition coefficient (Wildman–Crippen LogP) is 3.10. The van der Waals surface area contributed by atoms with Crippen LogP contribution in [0.15, 0.2) is 30.3 Å². The number of ether oxygens (including phenoxy) is 1. The standard InChI is InChI=1S/C20H30N2O4/c1-3-4-5-6-10-13-20(2)18(24)22(19(25)21-20)14-16(23)15-26-17-11-8-7-9-12-17/h7-9,11-12,16,23H,3-6,10,13-15H2,1-2H3,(H,21,25). The largest absolute Gasteiger partial charge is 0.491 e. The van der Waals surface area contributed by atoms with Crippen molar-refractivity contribution in [2.45, 2.75) is 64.0 Å². The molecule has 26 heavy (non-hydrogen) atoms. The summed E-state index contributed by atoms with van der Waals surface area (Å²) >= 11 is 0. The van der Waals surface area contributed by atoms with Crippen molar-refractivity contribution in [2.24, 2.45) is 0 Å². The van der Waals surface area contributed by atoms with E-state index in [1.54, 1.807) is 19.1 Å². The van der Waals surface area contributed by atoms with E-state index in [4.69, 9.17) is 4.74 Å². The van der Waals surface area contributed by atoms with Crippen molar-refractivity contribution >= 4 is 11.9 Å². The molecule has 0 saturated carbocycles. The minimum atomic E-state index is -0.934. The number of imide groups is 1. The van der Waals surface area contributed by atoms with Gasteiger partial charge in [0, 0.05) is 0 Å². The Kier molecular flexibility index (Phi) is 7.45. The van der Waals surface area contributed by atoms with Gasteiger partial charge >= 0.3 is 6.03 Å². The molecule has 0 aliphatic carbocycles. The SMILES string of the molecule is CCCCCCCC1(C)NC(=O)N(CC(O)COc2ccccc2)C1=O. The van der Waals surface area contributed by atoms with Gasteiger partial charge < -0.3 is 15.2 Å². The lowest BCUT2D eigenvalue weighted by molar-refractivity contribution is -0.132. The van der Waals surface area contributed by atoms with Crippen LogP contribution in [0.4, 0.5) is 4.79 Å². The lowest BCUT2D eigenvalue weighted by Gasteiger charge is -2.22. The average Bonchev–Trinajstić information content (AvgIpc) is 2.84. The maximum Gasteiger partial charge on any atom is 0.325 e. The number of para-hydroxylation sites is 1. The fourth-order valence-corrected chi connectivity index (χ4v) is 3.14. The van der Waals surface area contributed by atoms with Crippen molar-refractivity contribution in [3.63, 3.8) is 0 Å². The Morgan fingerprint density at radius 1 is 1.15 bits per heavy atom. The van der Waals surface area contributed by atoms with Gasteiger partial charge in [0.2, 0.25) is 0 Å². The van der Waals surface area contributed by atoms with E-state index in [0.29, 0.717) is 12.2 Å². The molecule has 1 aliphatic heterocycles. The number of rotatable bonds is 11. The summed E-state index contributed by atoms with van der Waals surface area (Å²) < 4.78 is 5.48. The summed E-state index contributed by atoms with van der Waals surface area (Å²) in [5.41, 5.74) is -0.872. The van der Waals surface area contributed by atoms with Gasteiger partial charge in [0.25, 0.3) is 5.91 Å². The van der Waals surface area contributed by atoms with E-state index in [-0.39, 0.29) is 19.1 Å². The third-order valence-corrected chi connectivity index (χ3v) is 4.70. The number of nitrogens with zero attached hydrogens (tertiary/aromatic N) is 1. The Bertz CT molecular complexity index is 593. The number of urea groups is 1. The quantitative estimate of drug-likeness (QED) is 0.468. The zero-order valence-electron chi connectivity index (χ0n) is 15.7. The van der Waals surface area contributed by atoms with Gasteiger partial charge in [-0.3, -0.25) is 9.69 Å². The number of hydrogen-bond donors (Lipinski definition) is 2. The number of carbonyl (C=O) groups excluding carboxylic acids is 2. The van der Waals surface area contributed by atoms with Gasteiger partial charge in [-0.2, -0.15) is 0 Å². The molecule has 2 N–H and O–H groups in total. The van der Waals surface area contributed by atoms with Crippen LogP contribution in [0.2, 0.25) is 0 Å². The zero-order chi connectivity index (χ0) is 19.0. The highest BCUT2D eigenvalue weighted by atomic mass is 16.5. The van der Waals surface area contributed by atoms with Crippen LogP contribution in [0.5, 0.6) is 5.75 Å². The Morgan fingerprint density at radius 2 is 1.85 bits per heavy atom. The highest BCUT2D eigenvalue weighted by molar-refractivity contribution is 6.06. The molecule has 1 aromatic rings. The van der Waals surface area contributed by atoms with E-state index in [1.807, 2.05) is 18.2 Å². The van der Waals surface area contributed by atoms with Crippen LogP contribution in [0.1, 0.15) is 52.4 Å². The monoisotopic (exact) mass is 362 g/mol. The predicted molar refractivity (Wildman–Crippen MR) is 100.0 cm³/mol. The molecule has 6 heteroatoms. The number of aliphatic hydroxyl groups is 1. The van der Waals surface area contributed by atoms with Crippen LogP contribution in [-0.4, -0.2) is 46.7 Å². The van der Waals surface area contributed by atoms with Gasteiger partial charge in [0.15, 0.2) is 0 Å². The maximum atomic E-state index is 12.7. The molecule has 1 aliphatic rings. The summed E-state index contributed by atoms with van der Waals surface area (Å²) in [6, 6.07) is 8.69. The van der Waals surface area contributed by atoms with E-state index in [2.05, 4.69) is 12.2 Å². The minimum Gasteiger partial charge on any atom is -0.491 e. The van der Waals surface area contributed by atoms with Crippen LogP contribution in [0, 0.1) is 0 Å². The van der Waals surface area contributed by atoms with Crippen LogP contribution in [0.3, 0.4) is 0 Å². The smallest absolute Gasteiger partial charge is 0.325 e. The number of aliphatic hydroxyl groups excluding tert-OH is 1. The Morgan fingerprint density at radius 3 is 2.54 bits per heavy atom. The molecule has 2 atom stereocenters. The molecule has 144 valence electrons. The molecule has 6 nitrogen and oxygen atoms in total. The topological polar surface area (TPSA) is 78.9 Å². The van der Waals surface area contributed by atoms with E-state index < -0.39 is 17.7 Å². The molecule has 0 spiro atoms. The van der Waals surface area contributed by atoms with Crippen molar-refractivity contribution in [1.82, 2.24) is 10.2 Å². The zero-order valence-corrected chi connectivity index (χ0v) is 15.7. The molecule has 2 unspecified atom stereocenters. The highest BCUT2D eigenvalue weighted by Gasteiger charge is 2.47. The summed E-state index contributed by atoms with van der Waals surface area (Å²) in [6.45, 7) is 3.88. The van der Waals surface area contributed by atoms with E-state index in [0.717, 1.165) is 24.2 Å². The highest BCUT2D eigenvalue weighted by Crippen LogP contribution is 2.24. The van der Waals surface area contributed by atoms with Crippen LogP contribution >= 0.6 is 0 Å². The first-order valence-electron chi connectivity index (χ1n) is 9.46. The van der Waals surface area contributed by atoms with Crippen molar-refractivity contribution in [1.29, 1.82) is 0 Å². The van der Waals surface area contributed by atoms with Crippen LogP contribution in [-0.2, 0) is 4.79 Å². The molecule has 0 radical (unpaired) electrons. The average molecular weight is 362 g/mol. The van der Waals surface area contributed by atoms with Crippen LogP contribution < -0.4 is 10.1 Å². The van der Waals surface area contributed by atoms with Gasteiger partial charge in [0.1, 0.15) is 24.0 Å². The molecule has 1 aromatic carbocycles. The van der Waals surface area contributed by atoms with E-state index in [9.17, 15) is 14.7 Å². The number of β-amino-alcohol motifs (C(OH)–C–C–N with tert-alkyl or cyclic N) is 1. The van der Waals surface area contributed by atoms with Gasteiger partial charge in [-0.25, -0.2) is 4.79 Å².